The number of rotatable bonds is 5. The van der Waals surface area contributed by atoms with Crippen LogP contribution in [0.4, 0.5) is 17.5 Å². The van der Waals surface area contributed by atoms with Crippen molar-refractivity contribution in [3.05, 3.63) is 30.2 Å². The predicted octanol–water partition coefficient (Wildman–Crippen LogP) is 0.0159. The molecule has 2 fully saturated rings. The van der Waals surface area contributed by atoms with Crippen molar-refractivity contribution in [1.82, 2.24) is 25.1 Å². The molecule has 0 saturated carbocycles. The highest BCUT2D eigenvalue weighted by molar-refractivity contribution is 5.47. The van der Waals surface area contributed by atoms with E-state index < -0.39 is 0 Å². The van der Waals surface area contributed by atoms with Crippen molar-refractivity contribution in [3.63, 3.8) is 0 Å². The van der Waals surface area contributed by atoms with Crippen LogP contribution in [0.15, 0.2) is 24.5 Å². The average molecular weight is 384 g/mol. The number of β-amino-alcohol motifs (C(OH)–C–C–N with tert-alkyl or cyclic N) is 1. The molecule has 1 N–H and O–H groups in total. The van der Waals surface area contributed by atoms with E-state index in [0.717, 1.165) is 82.1 Å². The fraction of sp³-hybridized carbons (Fsp3) is 0.579. The number of hydrogen-bond acceptors (Lipinski definition) is 9. The van der Waals surface area contributed by atoms with Crippen LogP contribution in [0.1, 0.15) is 5.69 Å². The van der Waals surface area contributed by atoms with Crippen molar-refractivity contribution in [2.45, 2.75) is 6.92 Å². The lowest BCUT2D eigenvalue weighted by Gasteiger charge is -2.36. The van der Waals surface area contributed by atoms with E-state index in [-0.39, 0.29) is 6.61 Å². The van der Waals surface area contributed by atoms with E-state index in [1.807, 2.05) is 13.1 Å². The number of piperazine rings is 2. The SMILES string of the molecule is Cc1cncc(N2CCN(c3ccc(N4CCN(CCO)CC4)nn3)CC2)n1. The molecule has 0 aliphatic carbocycles. The van der Waals surface area contributed by atoms with Crippen molar-refractivity contribution < 1.29 is 5.11 Å². The summed E-state index contributed by atoms with van der Waals surface area (Å²) in [5, 5.41) is 18.0. The Morgan fingerprint density at radius 3 is 1.82 bits per heavy atom. The molecule has 0 bridgehead atoms. The van der Waals surface area contributed by atoms with Gasteiger partial charge in [0.15, 0.2) is 11.6 Å². The molecule has 2 aromatic heterocycles. The largest absolute Gasteiger partial charge is 0.395 e. The van der Waals surface area contributed by atoms with Gasteiger partial charge in [-0.1, -0.05) is 0 Å². The Labute approximate surface area is 165 Å². The Kier molecular flexibility index (Phi) is 5.82. The van der Waals surface area contributed by atoms with Gasteiger partial charge in [0.1, 0.15) is 5.82 Å². The van der Waals surface area contributed by atoms with Crippen LogP contribution in [0.5, 0.6) is 0 Å². The Morgan fingerprint density at radius 1 is 0.786 bits per heavy atom. The molecule has 150 valence electrons. The summed E-state index contributed by atoms with van der Waals surface area (Å²) in [5.74, 6) is 2.81. The highest BCUT2D eigenvalue weighted by atomic mass is 16.3. The molecule has 4 rings (SSSR count). The van der Waals surface area contributed by atoms with Crippen molar-refractivity contribution in [2.24, 2.45) is 0 Å². The van der Waals surface area contributed by atoms with Crippen LogP contribution < -0.4 is 14.7 Å². The molecule has 2 aliphatic rings. The fourth-order valence-electron chi connectivity index (χ4n) is 3.76. The summed E-state index contributed by atoms with van der Waals surface area (Å²) in [6.07, 6.45) is 3.61. The number of aliphatic hydroxyl groups excluding tert-OH is 1. The lowest BCUT2D eigenvalue weighted by Crippen LogP contribution is -2.48. The van der Waals surface area contributed by atoms with E-state index in [1.165, 1.54) is 0 Å². The molecule has 2 saturated heterocycles. The van der Waals surface area contributed by atoms with E-state index in [1.54, 1.807) is 6.20 Å². The minimum Gasteiger partial charge on any atom is -0.395 e. The monoisotopic (exact) mass is 384 g/mol. The predicted molar refractivity (Wildman–Crippen MR) is 109 cm³/mol. The van der Waals surface area contributed by atoms with Crippen LogP contribution in [0.2, 0.25) is 0 Å². The molecule has 0 atom stereocenters. The van der Waals surface area contributed by atoms with Gasteiger partial charge >= 0.3 is 0 Å². The summed E-state index contributed by atoms with van der Waals surface area (Å²) in [6.45, 7) is 10.3. The molecule has 9 heteroatoms. The van der Waals surface area contributed by atoms with Gasteiger partial charge in [-0.2, -0.15) is 0 Å². The minimum atomic E-state index is 0.220. The van der Waals surface area contributed by atoms with Crippen molar-refractivity contribution in [3.8, 4) is 0 Å². The van der Waals surface area contributed by atoms with Crippen LogP contribution >= 0.6 is 0 Å². The number of aryl methyl sites for hydroxylation is 1. The summed E-state index contributed by atoms with van der Waals surface area (Å²) in [5.41, 5.74) is 0.943. The lowest BCUT2D eigenvalue weighted by molar-refractivity contribution is 0.188. The Morgan fingerprint density at radius 2 is 1.32 bits per heavy atom. The van der Waals surface area contributed by atoms with Crippen LogP contribution in [0.3, 0.4) is 0 Å². The lowest BCUT2D eigenvalue weighted by atomic mass is 10.3. The molecule has 0 amide bonds. The fourth-order valence-corrected chi connectivity index (χ4v) is 3.76. The molecular weight excluding hydrogens is 356 g/mol. The van der Waals surface area contributed by atoms with Gasteiger partial charge < -0.3 is 19.8 Å². The third-order valence-electron chi connectivity index (χ3n) is 5.42. The molecular formula is C19H28N8O. The smallest absolute Gasteiger partial charge is 0.151 e. The summed E-state index contributed by atoms with van der Waals surface area (Å²) in [7, 11) is 0. The quantitative estimate of drug-likeness (QED) is 0.766. The standard InChI is InChI=1S/C19H28N8O/c1-16-14-20-15-19(21-16)27-10-8-26(9-11-27)18-3-2-17(22-23-18)25-6-4-24(5-7-25)12-13-28/h2-3,14-15,28H,4-13H2,1H3. The van der Waals surface area contributed by atoms with Crippen molar-refractivity contribution in [1.29, 1.82) is 0 Å². The average Bonchev–Trinajstić information content (AvgIpc) is 2.75. The van der Waals surface area contributed by atoms with Gasteiger partial charge in [0, 0.05) is 65.1 Å². The molecule has 0 radical (unpaired) electrons. The minimum absolute atomic E-state index is 0.220. The maximum absolute atomic E-state index is 9.06. The van der Waals surface area contributed by atoms with E-state index in [9.17, 15) is 0 Å². The normalized spacial score (nSPS) is 18.6. The molecule has 9 nitrogen and oxygen atoms in total. The zero-order valence-corrected chi connectivity index (χ0v) is 16.4. The van der Waals surface area contributed by atoms with Crippen molar-refractivity contribution in [2.75, 3.05) is 80.2 Å². The Hall–Kier alpha value is -2.52. The molecule has 0 spiro atoms. The number of hydrogen-bond donors (Lipinski definition) is 1. The zero-order valence-electron chi connectivity index (χ0n) is 16.4. The molecule has 0 aromatic carbocycles. The van der Waals surface area contributed by atoms with Gasteiger partial charge in [0.25, 0.3) is 0 Å². The number of nitrogens with zero attached hydrogens (tertiary/aromatic N) is 8. The second-order valence-electron chi connectivity index (χ2n) is 7.29. The van der Waals surface area contributed by atoms with Gasteiger partial charge in [-0.05, 0) is 19.1 Å². The number of anilines is 3. The van der Waals surface area contributed by atoms with Gasteiger partial charge in [0.05, 0.1) is 18.5 Å². The first-order valence-corrected chi connectivity index (χ1v) is 9.93. The van der Waals surface area contributed by atoms with Crippen LogP contribution in [-0.4, -0.2) is 95.7 Å². The molecule has 28 heavy (non-hydrogen) atoms. The third kappa shape index (κ3) is 4.31. The summed E-state index contributed by atoms with van der Waals surface area (Å²) < 4.78 is 0. The molecule has 4 heterocycles. The Balaban J connectivity index is 1.31. The first-order valence-electron chi connectivity index (χ1n) is 9.93. The molecule has 2 aromatic rings. The van der Waals surface area contributed by atoms with E-state index in [0.29, 0.717) is 0 Å². The first-order chi connectivity index (χ1) is 13.7. The van der Waals surface area contributed by atoms with Crippen LogP contribution in [0.25, 0.3) is 0 Å². The topological polar surface area (TPSA) is 84.8 Å². The van der Waals surface area contributed by atoms with E-state index in [4.69, 9.17) is 5.11 Å². The summed E-state index contributed by atoms with van der Waals surface area (Å²) in [6, 6.07) is 4.15. The first kappa shape index (κ1) is 18.8. The zero-order chi connectivity index (χ0) is 19.3. The summed E-state index contributed by atoms with van der Waals surface area (Å²) >= 11 is 0. The van der Waals surface area contributed by atoms with Gasteiger partial charge in [-0.15, -0.1) is 10.2 Å². The van der Waals surface area contributed by atoms with Crippen LogP contribution in [0, 0.1) is 6.92 Å². The third-order valence-corrected chi connectivity index (χ3v) is 5.42. The second kappa shape index (κ2) is 8.66. The van der Waals surface area contributed by atoms with Gasteiger partial charge in [-0.3, -0.25) is 9.88 Å². The highest BCUT2D eigenvalue weighted by Gasteiger charge is 2.21. The second-order valence-corrected chi connectivity index (χ2v) is 7.29. The maximum atomic E-state index is 9.06. The van der Waals surface area contributed by atoms with Crippen LogP contribution in [-0.2, 0) is 0 Å². The Bertz CT molecular complexity index is 755. The number of aliphatic hydroxyl groups is 1. The highest BCUT2D eigenvalue weighted by Crippen LogP contribution is 2.19. The van der Waals surface area contributed by atoms with Crippen molar-refractivity contribution >= 4 is 17.5 Å². The maximum Gasteiger partial charge on any atom is 0.151 e. The van der Waals surface area contributed by atoms with Gasteiger partial charge in [-0.25, -0.2) is 4.98 Å². The van der Waals surface area contributed by atoms with E-state index >= 15 is 0 Å². The number of aromatic nitrogens is 4. The van der Waals surface area contributed by atoms with E-state index in [2.05, 4.69) is 51.9 Å². The summed E-state index contributed by atoms with van der Waals surface area (Å²) in [4.78, 5) is 17.9. The molecule has 2 aliphatic heterocycles. The van der Waals surface area contributed by atoms with Gasteiger partial charge in [0.2, 0.25) is 0 Å². The molecule has 0 unspecified atom stereocenters.